The lowest BCUT2D eigenvalue weighted by atomic mass is 9.91. The smallest absolute Gasteiger partial charge is 0.429 e. The fourth-order valence-electron chi connectivity index (χ4n) is 3.62. The van der Waals surface area contributed by atoms with Gasteiger partial charge in [0.15, 0.2) is 5.60 Å². The minimum Gasteiger partial charge on any atom is -0.429 e. The normalized spacial score (nSPS) is 16.8. The van der Waals surface area contributed by atoms with Crippen molar-refractivity contribution in [1.82, 2.24) is 0 Å². The van der Waals surface area contributed by atoms with Gasteiger partial charge in [0.2, 0.25) is 5.60 Å². The van der Waals surface area contributed by atoms with Gasteiger partial charge in [-0.25, -0.2) is 4.79 Å². The maximum atomic E-state index is 13.6. The number of hydrogen-bond acceptors (Lipinski definition) is 4. The molecule has 0 bridgehead atoms. The average molecular weight is 593 g/mol. The summed E-state index contributed by atoms with van der Waals surface area (Å²) >= 11 is 0. The molecule has 41 heavy (non-hydrogen) atoms. The van der Waals surface area contributed by atoms with E-state index < -0.39 is 35.3 Å². The van der Waals surface area contributed by atoms with Crippen molar-refractivity contribution in [3.05, 3.63) is 70.8 Å². The number of hydrogen-bond donors (Lipinski definition) is 1. The molecule has 0 saturated heterocycles. The van der Waals surface area contributed by atoms with Crippen molar-refractivity contribution >= 4 is 6.16 Å². The Balaban J connectivity index is 0.000000435. The number of rotatable bonds is 7. The first-order valence-electron chi connectivity index (χ1n) is 13.5. The Morgan fingerprint density at radius 2 is 1.05 bits per heavy atom. The summed E-state index contributed by atoms with van der Waals surface area (Å²) in [4.78, 5) is 11.8. The van der Waals surface area contributed by atoms with Crippen molar-refractivity contribution in [2.24, 2.45) is 0 Å². The van der Waals surface area contributed by atoms with Gasteiger partial charge >= 0.3 is 18.5 Å². The van der Waals surface area contributed by atoms with E-state index in [-0.39, 0.29) is 17.0 Å². The van der Waals surface area contributed by atoms with Crippen LogP contribution in [0.1, 0.15) is 109 Å². The van der Waals surface area contributed by atoms with Gasteiger partial charge in [0.25, 0.3) is 0 Å². The molecule has 2 aromatic rings. The molecule has 1 N–H and O–H groups in total. The predicted octanol–water partition coefficient (Wildman–Crippen LogP) is 9.90. The monoisotopic (exact) mass is 592 g/mol. The summed E-state index contributed by atoms with van der Waals surface area (Å²) in [6.45, 7) is 14.3. The largest absolute Gasteiger partial charge is 0.510 e. The molecule has 232 valence electrons. The third kappa shape index (κ3) is 9.65. The molecule has 0 heterocycles. The Labute approximate surface area is 239 Å². The highest BCUT2D eigenvalue weighted by atomic mass is 19.4. The molecule has 2 aromatic carbocycles. The Bertz CT molecular complexity index is 1100. The lowest BCUT2D eigenvalue weighted by molar-refractivity contribution is -0.264. The molecule has 0 aliphatic rings. The molecule has 0 saturated carbocycles. The predicted molar refractivity (Wildman–Crippen MR) is 147 cm³/mol. The van der Waals surface area contributed by atoms with Gasteiger partial charge in [-0.1, -0.05) is 76.2 Å². The molecule has 0 radical (unpaired) electrons. The number of benzene rings is 2. The van der Waals surface area contributed by atoms with E-state index in [9.17, 15) is 36.2 Å². The fraction of sp³-hybridized carbons (Fsp3) is 0.581. The second kappa shape index (κ2) is 13.5. The van der Waals surface area contributed by atoms with Crippen LogP contribution in [0.5, 0.6) is 0 Å². The highest BCUT2D eigenvalue weighted by molar-refractivity contribution is 5.61. The topological polar surface area (TPSA) is 55.8 Å². The molecule has 0 aromatic heterocycles. The molecular formula is C31H42F6O4. The first-order valence-corrected chi connectivity index (χ1v) is 13.5. The van der Waals surface area contributed by atoms with Crippen molar-refractivity contribution in [2.45, 2.75) is 116 Å². The second-order valence-electron chi connectivity index (χ2n) is 11.5. The molecule has 10 heteroatoms. The van der Waals surface area contributed by atoms with Crippen molar-refractivity contribution in [3.8, 4) is 0 Å². The van der Waals surface area contributed by atoms with Gasteiger partial charge in [-0.15, -0.1) is 0 Å². The zero-order valence-electron chi connectivity index (χ0n) is 25.1. The maximum Gasteiger partial charge on any atom is 0.510 e. The number of carbonyl (C=O) groups excluding carboxylic acids is 1. The molecule has 4 nitrogen and oxygen atoms in total. The molecule has 2 rings (SSSR count). The van der Waals surface area contributed by atoms with Crippen LogP contribution < -0.4 is 0 Å². The highest BCUT2D eigenvalue weighted by Crippen LogP contribution is 2.43. The van der Waals surface area contributed by atoms with E-state index in [0.717, 1.165) is 37.8 Å². The summed E-state index contributed by atoms with van der Waals surface area (Å²) in [6, 6.07) is 11.9. The lowest BCUT2D eigenvalue weighted by Gasteiger charge is -2.33. The van der Waals surface area contributed by atoms with Crippen LogP contribution in [-0.4, -0.2) is 29.2 Å². The van der Waals surface area contributed by atoms with Crippen LogP contribution in [0.3, 0.4) is 0 Å². The summed E-state index contributed by atoms with van der Waals surface area (Å²) in [7, 11) is 0. The van der Waals surface area contributed by atoms with Gasteiger partial charge < -0.3 is 14.6 Å². The average Bonchev–Trinajstić information content (AvgIpc) is 2.85. The van der Waals surface area contributed by atoms with Crippen molar-refractivity contribution in [2.75, 3.05) is 0 Å². The van der Waals surface area contributed by atoms with Crippen LogP contribution in [0.2, 0.25) is 0 Å². The number of ether oxygens (including phenoxy) is 2. The van der Waals surface area contributed by atoms with E-state index in [1.165, 1.54) is 24.3 Å². The number of halogens is 6. The van der Waals surface area contributed by atoms with Gasteiger partial charge in [0.1, 0.15) is 5.60 Å². The summed E-state index contributed by atoms with van der Waals surface area (Å²) in [5.41, 5.74) is -4.86. The summed E-state index contributed by atoms with van der Waals surface area (Å²) in [5, 5.41) is 9.48. The minimum absolute atomic E-state index is 0.128. The molecule has 4 unspecified atom stereocenters. The van der Waals surface area contributed by atoms with E-state index in [2.05, 4.69) is 0 Å². The van der Waals surface area contributed by atoms with Gasteiger partial charge in [-0.2, -0.15) is 26.3 Å². The molecule has 0 aliphatic heterocycles. The third-order valence-electron chi connectivity index (χ3n) is 7.07. The van der Waals surface area contributed by atoms with Crippen LogP contribution >= 0.6 is 0 Å². The Hall–Kier alpha value is -2.75. The van der Waals surface area contributed by atoms with Crippen molar-refractivity contribution in [1.29, 1.82) is 0 Å². The van der Waals surface area contributed by atoms with Crippen LogP contribution in [0.4, 0.5) is 31.1 Å². The first kappa shape index (κ1) is 36.3. The van der Waals surface area contributed by atoms with Crippen molar-refractivity contribution < 1.29 is 45.7 Å². The van der Waals surface area contributed by atoms with E-state index in [1.807, 2.05) is 27.7 Å². The van der Waals surface area contributed by atoms with Crippen LogP contribution in [0, 0.1) is 0 Å². The molecule has 0 fully saturated rings. The van der Waals surface area contributed by atoms with Gasteiger partial charge in [-0.3, -0.25) is 0 Å². The first-order chi connectivity index (χ1) is 18.5. The van der Waals surface area contributed by atoms with Gasteiger partial charge in [0.05, 0.1) is 0 Å². The lowest BCUT2D eigenvalue weighted by Crippen LogP contribution is -2.44. The van der Waals surface area contributed by atoms with E-state index >= 15 is 0 Å². The van der Waals surface area contributed by atoms with Crippen LogP contribution in [-0.2, 0) is 20.7 Å². The number of aliphatic hydroxyl groups is 1. The molecule has 0 aliphatic carbocycles. The SMILES string of the molecule is CCC(C)c1ccc(C(C)(O)C(F)(F)F)cc1.CCC(C)c1ccc(C(C)(OC(=O)OC(C)(C)C)C(F)(F)F)cc1. The van der Waals surface area contributed by atoms with Gasteiger partial charge in [0, 0.05) is 5.56 Å². The van der Waals surface area contributed by atoms with Crippen molar-refractivity contribution in [3.63, 3.8) is 0 Å². The standard InChI is InChI=1S/C18H25F3O3.C13H17F3O/c1-7-12(2)13-8-10-14(11-9-13)17(6,18(19,20)21)24-15(22)23-16(3,4)5;1-4-9(2)10-5-7-11(8-6-10)12(3,17)13(14,15)16/h8-12H,7H2,1-6H3;5-9,17H,4H2,1-3H3. The summed E-state index contributed by atoms with van der Waals surface area (Å²) in [5.74, 6) is 0.544. The molecule has 4 atom stereocenters. The zero-order chi connectivity index (χ0) is 32.0. The quantitative estimate of drug-likeness (QED) is 0.257. The molecule has 0 amide bonds. The highest BCUT2D eigenvalue weighted by Gasteiger charge is 2.56. The Kier molecular flexibility index (Phi) is 11.9. The Morgan fingerprint density at radius 3 is 1.34 bits per heavy atom. The van der Waals surface area contributed by atoms with E-state index in [1.54, 1.807) is 45.0 Å². The summed E-state index contributed by atoms with van der Waals surface area (Å²) < 4.78 is 88.1. The number of carbonyl (C=O) groups is 1. The zero-order valence-corrected chi connectivity index (χ0v) is 25.1. The number of alkyl halides is 6. The van der Waals surface area contributed by atoms with E-state index in [4.69, 9.17) is 9.47 Å². The third-order valence-corrected chi connectivity index (χ3v) is 7.07. The van der Waals surface area contributed by atoms with E-state index in [0.29, 0.717) is 5.92 Å². The van der Waals surface area contributed by atoms with Crippen LogP contribution in [0.25, 0.3) is 0 Å². The molecule has 0 spiro atoms. The molecular weight excluding hydrogens is 550 g/mol. The summed E-state index contributed by atoms with van der Waals surface area (Å²) in [6.07, 6.45) is -8.99. The van der Waals surface area contributed by atoms with Gasteiger partial charge in [-0.05, 0) is 76.0 Å². The van der Waals surface area contributed by atoms with Crippen LogP contribution in [0.15, 0.2) is 48.5 Å². The second-order valence-corrected chi connectivity index (χ2v) is 11.5. The fourth-order valence-corrected chi connectivity index (χ4v) is 3.62. The Morgan fingerprint density at radius 1 is 0.683 bits per heavy atom. The minimum atomic E-state index is -4.78. The maximum absolute atomic E-state index is 13.6.